The van der Waals surface area contributed by atoms with Gasteiger partial charge >= 0.3 is 0 Å². The van der Waals surface area contributed by atoms with Gasteiger partial charge in [-0.2, -0.15) is 0 Å². The zero-order chi connectivity index (χ0) is 25.5. The third kappa shape index (κ3) is 3.83. The molecule has 1 atom stereocenters. The van der Waals surface area contributed by atoms with Gasteiger partial charge < -0.3 is 24.5 Å². The van der Waals surface area contributed by atoms with E-state index in [1.807, 2.05) is 84.5 Å². The Hall–Kier alpha value is -4.52. The highest BCUT2D eigenvalue weighted by Gasteiger charge is 2.42. The van der Waals surface area contributed by atoms with Gasteiger partial charge in [0.05, 0.1) is 13.2 Å². The Morgan fingerprint density at radius 1 is 1.00 bits per heavy atom. The summed E-state index contributed by atoms with van der Waals surface area (Å²) in [5, 5.41) is 5.21. The van der Waals surface area contributed by atoms with Crippen molar-refractivity contribution in [3.8, 4) is 5.75 Å². The lowest BCUT2D eigenvalue weighted by atomic mass is 9.98. The Balaban J connectivity index is 1.26. The molecule has 2 aromatic heterocycles. The number of rotatable bonds is 7. The average Bonchev–Trinajstić information content (AvgIpc) is 3.56. The molecule has 1 unspecified atom stereocenters. The fourth-order valence-corrected chi connectivity index (χ4v) is 5.55. The van der Waals surface area contributed by atoms with Gasteiger partial charge in [0.15, 0.2) is 0 Å². The SMILES string of the molecule is COc1ccc(C2c3c(n(C)c4ccccc34)C(=O)N2CC(=O)NCCc2c[nH]c3ccccc23)cc1. The molecule has 7 heteroatoms. The van der Waals surface area contributed by atoms with Crippen LogP contribution in [0.5, 0.6) is 5.75 Å². The molecule has 6 rings (SSSR count). The van der Waals surface area contributed by atoms with E-state index in [1.54, 1.807) is 12.0 Å². The van der Waals surface area contributed by atoms with Gasteiger partial charge in [0, 0.05) is 47.2 Å². The summed E-state index contributed by atoms with van der Waals surface area (Å²) in [4.78, 5) is 31.8. The molecule has 186 valence electrons. The largest absolute Gasteiger partial charge is 0.497 e. The molecule has 3 aromatic carbocycles. The standard InChI is InChI=1S/C30H28N4O3/c1-33-25-10-6-4-8-23(25)27-28(19-11-13-21(37-2)14-12-19)34(30(36)29(27)33)18-26(35)31-16-15-20-17-32-24-9-5-3-7-22(20)24/h3-14,17,28,32H,15-16,18H2,1-2H3,(H,31,35). The summed E-state index contributed by atoms with van der Waals surface area (Å²) in [5.41, 5.74) is 5.76. The number of hydrogen-bond acceptors (Lipinski definition) is 3. The topological polar surface area (TPSA) is 79.4 Å². The molecule has 0 saturated carbocycles. The molecule has 1 aliphatic heterocycles. The van der Waals surface area contributed by atoms with E-state index in [2.05, 4.69) is 16.4 Å². The van der Waals surface area contributed by atoms with Crippen LogP contribution in [-0.2, 0) is 18.3 Å². The lowest BCUT2D eigenvalue weighted by Crippen LogP contribution is -2.40. The molecule has 37 heavy (non-hydrogen) atoms. The first-order valence-corrected chi connectivity index (χ1v) is 12.4. The molecule has 5 aromatic rings. The molecular formula is C30H28N4O3. The maximum absolute atomic E-state index is 13.7. The van der Waals surface area contributed by atoms with Gasteiger partial charge in [0.25, 0.3) is 5.91 Å². The predicted octanol–water partition coefficient (Wildman–Crippen LogP) is 4.57. The van der Waals surface area contributed by atoms with Crippen LogP contribution in [0, 0.1) is 0 Å². The fraction of sp³-hybridized carbons (Fsp3) is 0.200. The van der Waals surface area contributed by atoms with E-state index in [-0.39, 0.29) is 24.4 Å². The van der Waals surface area contributed by atoms with E-state index in [9.17, 15) is 9.59 Å². The van der Waals surface area contributed by atoms with Crippen molar-refractivity contribution < 1.29 is 14.3 Å². The maximum Gasteiger partial charge on any atom is 0.272 e. The van der Waals surface area contributed by atoms with E-state index in [0.29, 0.717) is 18.7 Å². The van der Waals surface area contributed by atoms with Crippen molar-refractivity contribution in [3.63, 3.8) is 0 Å². The number of fused-ring (bicyclic) bond motifs is 4. The van der Waals surface area contributed by atoms with E-state index >= 15 is 0 Å². The molecule has 3 heterocycles. The first-order chi connectivity index (χ1) is 18.1. The molecule has 0 aliphatic carbocycles. The highest BCUT2D eigenvalue weighted by molar-refractivity contribution is 6.07. The minimum atomic E-state index is -0.362. The zero-order valence-corrected chi connectivity index (χ0v) is 20.8. The lowest BCUT2D eigenvalue weighted by Gasteiger charge is -2.26. The molecule has 0 spiro atoms. The van der Waals surface area contributed by atoms with Crippen LogP contribution in [0.4, 0.5) is 0 Å². The Morgan fingerprint density at radius 2 is 1.73 bits per heavy atom. The van der Waals surface area contributed by atoms with Crippen molar-refractivity contribution in [2.24, 2.45) is 7.05 Å². The van der Waals surface area contributed by atoms with Gasteiger partial charge in [-0.15, -0.1) is 0 Å². The van der Waals surface area contributed by atoms with E-state index in [0.717, 1.165) is 44.2 Å². The van der Waals surface area contributed by atoms with Gasteiger partial charge in [-0.05, 0) is 41.8 Å². The van der Waals surface area contributed by atoms with Crippen molar-refractivity contribution in [1.29, 1.82) is 0 Å². The highest BCUT2D eigenvalue weighted by atomic mass is 16.5. The molecule has 2 N–H and O–H groups in total. The van der Waals surface area contributed by atoms with Gasteiger partial charge in [-0.3, -0.25) is 9.59 Å². The summed E-state index contributed by atoms with van der Waals surface area (Å²) in [6, 6.07) is 23.5. The van der Waals surface area contributed by atoms with E-state index < -0.39 is 0 Å². The van der Waals surface area contributed by atoms with Crippen molar-refractivity contribution >= 4 is 33.6 Å². The van der Waals surface area contributed by atoms with Crippen molar-refractivity contribution in [2.45, 2.75) is 12.5 Å². The molecule has 0 fully saturated rings. The summed E-state index contributed by atoms with van der Waals surface area (Å²) in [6.07, 6.45) is 2.69. The van der Waals surface area contributed by atoms with Crippen molar-refractivity contribution in [3.05, 3.63) is 101 Å². The number of ether oxygens (including phenoxy) is 1. The quantitative estimate of drug-likeness (QED) is 0.349. The number of nitrogens with zero attached hydrogens (tertiary/aromatic N) is 2. The first kappa shape index (κ1) is 22.9. The molecule has 0 bridgehead atoms. The second-order valence-corrected chi connectivity index (χ2v) is 9.41. The number of para-hydroxylation sites is 2. The van der Waals surface area contributed by atoms with E-state index in [4.69, 9.17) is 4.74 Å². The number of aryl methyl sites for hydroxylation is 1. The van der Waals surface area contributed by atoms with Gasteiger partial charge in [0.2, 0.25) is 5.91 Å². The Kier molecular flexibility index (Phi) is 5.68. The second kappa shape index (κ2) is 9.17. The number of carbonyl (C=O) groups is 2. The number of benzene rings is 3. The number of aromatic amines is 1. The Morgan fingerprint density at radius 3 is 2.51 bits per heavy atom. The van der Waals surface area contributed by atoms with Crippen LogP contribution in [-0.4, -0.2) is 46.5 Å². The third-order valence-corrected chi connectivity index (χ3v) is 7.33. The number of H-pyrrole nitrogens is 1. The number of methoxy groups -OCH3 is 1. The summed E-state index contributed by atoms with van der Waals surface area (Å²) >= 11 is 0. The zero-order valence-electron chi connectivity index (χ0n) is 20.8. The normalized spacial score (nSPS) is 14.9. The molecule has 0 radical (unpaired) electrons. The molecule has 2 amide bonds. The summed E-state index contributed by atoms with van der Waals surface area (Å²) in [7, 11) is 3.54. The van der Waals surface area contributed by atoms with Crippen LogP contribution >= 0.6 is 0 Å². The van der Waals surface area contributed by atoms with Crippen molar-refractivity contribution in [1.82, 2.24) is 19.8 Å². The number of nitrogens with one attached hydrogen (secondary N) is 2. The first-order valence-electron chi connectivity index (χ1n) is 12.4. The van der Waals surface area contributed by atoms with Crippen LogP contribution < -0.4 is 10.1 Å². The number of amides is 2. The smallest absolute Gasteiger partial charge is 0.272 e. The molecule has 7 nitrogen and oxygen atoms in total. The lowest BCUT2D eigenvalue weighted by molar-refractivity contribution is -0.122. The molecule has 1 aliphatic rings. The van der Waals surface area contributed by atoms with Crippen LogP contribution in [0.25, 0.3) is 21.8 Å². The monoisotopic (exact) mass is 492 g/mol. The Bertz CT molecular complexity index is 1630. The number of carbonyl (C=O) groups excluding carboxylic acids is 2. The maximum atomic E-state index is 13.7. The summed E-state index contributed by atoms with van der Waals surface area (Å²) in [6.45, 7) is 0.470. The van der Waals surface area contributed by atoms with Gasteiger partial charge in [0.1, 0.15) is 18.0 Å². The van der Waals surface area contributed by atoms with Crippen molar-refractivity contribution in [2.75, 3.05) is 20.2 Å². The minimum Gasteiger partial charge on any atom is -0.497 e. The van der Waals surface area contributed by atoms with Crippen LogP contribution in [0.1, 0.15) is 33.2 Å². The van der Waals surface area contributed by atoms with E-state index in [1.165, 1.54) is 0 Å². The third-order valence-electron chi connectivity index (χ3n) is 7.33. The molecular weight excluding hydrogens is 464 g/mol. The minimum absolute atomic E-state index is 0.0214. The van der Waals surface area contributed by atoms with Gasteiger partial charge in [-0.1, -0.05) is 48.5 Å². The molecule has 0 saturated heterocycles. The summed E-state index contributed by atoms with van der Waals surface area (Å²) in [5.74, 6) is 0.429. The number of hydrogen-bond donors (Lipinski definition) is 2. The van der Waals surface area contributed by atoms with Crippen LogP contribution in [0.3, 0.4) is 0 Å². The second-order valence-electron chi connectivity index (χ2n) is 9.41. The van der Waals surface area contributed by atoms with Crippen LogP contribution in [0.2, 0.25) is 0 Å². The Labute approximate surface area is 214 Å². The predicted molar refractivity (Wildman–Crippen MR) is 144 cm³/mol. The number of aromatic nitrogens is 2. The average molecular weight is 493 g/mol. The summed E-state index contributed by atoms with van der Waals surface area (Å²) < 4.78 is 7.28. The fourth-order valence-electron chi connectivity index (χ4n) is 5.55. The van der Waals surface area contributed by atoms with Crippen LogP contribution in [0.15, 0.2) is 79.0 Å². The highest BCUT2D eigenvalue weighted by Crippen LogP contribution is 2.44. The van der Waals surface area contributed by atoms with Gasteiger partial charge in [-0.25, -0.2) is 0 Å².